The van der Waals surface area contributed by atoms with Gasteiger partial charge in [-0.15, -0.1) is 0 Å². The van der Waals surface area contributed by atoms with Crippen LogP contribution in [0.4, 0.5) is 4.39 Å². The molecule has 3 rings (SSSR count). The lowest BCUT2D eigenvalue weighted by atomic mass is 9.77. The van der Waals surface area contributed by atoms with Crippen LogP contribution in [-0.2, 0) is 16.0 Å². The van der Waals surface area contributed by atoms with Crippen LogP contribution in [0.15, 0.2) is 42.6 Å². The monoisotopic (exact) mass is 464 g/mol. The topological polar surface area (TPSA) is 109 Å². The Morgan fingerprint density at radius 2 is 1.90 bits per heavy atom. The second-order valence-corrected chi connectivity index (χ2v) is 7.40. The smallest absolute Gasteiger partial charge is 0.467 e. The zero-order valence-corrected chi connectivity index (χ0v) is 17.6. The number of rotatable bonds is 6. The molecule has 160 valence electrons. The van der Waals surface area contributed by atoms with E-state index in [0.717, 1.165) is 19.4 Å². The van der Waals surface area contributed by atoms with Crippen molar-refractivity contribution in [2.45, 2.75) is 12.5 Å². The first-order chi connectivity index (χ1) is 14.7. The maximum atomic E-state index is 13.9. The van der Waals surface area contributed by atoms with Gasteiger partial charge in [-0.3, -0.25) is 9.78 Å². The van der Waals surface area contributed by atoms with E-state index < -0.39 is 30.9 Å². The number of aromatic nitrogens is 1. The largest absolute Gasteiger partial charge is 0.490 e. The first-order valence-corrected chi connectivity index (χ1v) is 9.74. The van der Waals surface area contributed by atoms with Gasteiger partial charge in [0.1, 0.15) is 11.9 Å². The van der Waals surface area contributed by atoms with Gasteiger partial charge in [-0.05, 0) is 23.8 Å². The number of pyridine rings is 1. The lowest BCUT2D eigenvalue weighted by Gasteiger charge is -2.19. The number of nitrogens with one attached hydrogen (secondary N) is 1. The van der Waals surface area contributed by atoms with Crippen LogP contribution >= 0.6 is 23.2 Å². The highest BCUT2D eigenvalue weighted by Gasteiger charge is 2.27. The van der Waals surface area contributed by atoms with Crippen molar-refractivity contribution in [3.05, 3.63) is 69.6 Å². The van der Waals surface area contributed by atoms with Gasteiger partial charge in [-0.1, -0.05) is 41.4 Å². The Hall–Kier alpha value is -2.72. The van der Waals surface area contributed by atoms with Gasteiger partial charge >= 0.3 is 13.1 Å². The number of amides is 1. The van der Waals surface area contributed by atoms with Crippen molar-refractivity contribution in [2.24, 2.45) is 0 Å². The van der Waals surface area contributed by atoms with Crippen molar-refractivity contribution in [3.63, 3.8) is 0 Å². The summed E-state index contributed by atoms with van der Waals surface area (Å²) in [5.41, 5.74) is 0.640. The minimum absolute atomic E-state index is 0.00365. The molecule has 3 aromatic rings. The molecule has 0 fully saturated rings. The number of halogens is 3. The second kappa shape index (κ2) is 9.61. The van der Waals surface area contributed by atoms with E-state index in [9.17, 15) is 24.0 Å². The minimum atomic E-state index is -1.83. The van der Waals surface area contributed by atoms with Crippen molar-refractivity contribution < 1.29 is 28.8 Å². The Labute approximate surface area is 186 Å². The zero-order valence-electron chi connectivity index (χ0n) is 16.1. The third-order valence-electron chi connectivity index (χ3n) is 4.62. The predicted octanol–water partition coefficient (Wildman–Crippen LogP) is 1.87. The molecular formula is C20H16BCl2FN2O5. The highest BCUT2D eigenvalue weighted by Crippen LogP contribution is 2.25. The Balaban J connectivity index is 1.99. The van der Waals surface area contributed by atoms with Gasteiger partial charge < -0.3 is 20.1 Å². The van der Waals surface area contributed by atoms with Crippen LogP contribution in [0.2, 0.25) is 10.0 Å². The molecule has 0 aliphatic rings. The van der Waals surface area contributed by atoms with Crippen LogP contribution < -0.4 is 10.8 Å². The summed E-state index contributed by atoms with van der Waals surface area (Å²) in [5.74, 6) is -2.10. The molecule has 1 amide bonds. The van der Waals surface area contributed by atoms with Crippen molar-refractivity contribution in [3.8, 4) is 0 Å². The van der Waals surface area contributed by atoms with Crippen molar-refractivity contribution in [1.29, 1.82) is 0 Å². The van der Waals surface area contributed by atoms with Crippen molar-refractivity contribution in [1.82, 2.24) is 10.3 Å². The van der Waals surface area contributed by atoms with E-state index in [1.54, 1.807) is 6.07 Å². The Kier molecular flexibility index (Phi) is 7.12. The fourth-order valence-electron chi connectivity index (χ4n) is 3.16. The first kappa shape index (κ1) is 23.0. The van der Waals surface area contributed by atoms with E-state index in [0.29, 0.717) is 5.56 Å². The van der Waals surface area contributed by atoms with Crippen LogP contribution in [0, 0.1) is 5.82 Å². The number of methoxy groups -OCH3 is 1. The summed E-state index contributed by atoms with van der Waals surface area (Å²) < 4.78 is 18.6. The van der Waals surface area contributed by atoms with Gasteiger partial charge in [-0.25, -0.2) is 9.18 Å². The molecule has 31 heavy (non-hydrogen) atoms. The van der Waals surface area contributed by atoms with Crippen LogP contribution in [-0.4, -0.2) is 47.2 Å². The molecule has 0 saturated carbocycles. The average Bonchev–Trinajstić information content (AvgIpc) is 2.72. The number of hydrogen-bond donors (Lipinski definition) is 3. The SMILES string of the molecule is COC(=O)C(Cc1ccc(B(O)O)c2ncc(F)cc12)NC(=O)c1c(Cl)cccc1Cl. The zero-order chi connectivity index (χ0) is 22.7. The molecule has 0 spiro atoms. The standard InChI is InChI=1S/C20H16BCl2FN2O5/c1-31-20(28)16(26-19(27)17-14(22)3-2-4-15(17)23)7-10-5-6-13(21(29)30)18-12(10)8-11(24)9-25-18/h2-6,8-9,16,29-30H,7H2,1H3,(H,26,27). The Morgan fingerprint density at radius 1 is 1.23 bits per heavy atom. The summed E-state index contributed by atoms with van der Waals surface area (Å²) in [7, 11) is -0.665. The molecule has 1 unspecified atom stereocenters. The molecule has 0 bridgehead atoms. The van der Waals surface area contributed by atoms with E-state index in [2.05, 4.69) is 10.3 Å². The molecule has 2 aromatic carbocycles. The third kappa shape index (κ3) is 4.96. The molecule has 0 saturated heterocycles. The van der Waals surface area contributed by atoms with Crippen LogP contribution in [0.5, 0.6) is 0 Å². The quantitative estimate of drug-likeness (QED) is 0.379. The number of nitrogens with zero attached hydrogens (tertiary/aromatic N) is 1. The summed E-state index contributed by atoms with van der Waals surface area (Å²) in [6.07, 6.45) is 0.848. The van der Waals surface area contributed by atoms with Crippen LogP contribution in [0.1, 0.15) is 15.9 Å². The average molecular weight is 465 g/mol. The number of esters is 1. The van der Waals surface area contributed by atoms with Gasteiger partial charge in [-0.2, -0.15) is 0 Å². The summed E-state index contributed by atoms with van der Waals surface area (Å²) in [4.78, 5) is 29.0. The van der Waals surface area contributed by atoms with E-state index in [1.165, 1.54) is 24.3 Å². The number of carbonyl (C=O) groups excluding carboxylic acids is 2. The molecule has 7 nitrogen and oxygen atoms in total. The highest BCUT2D eigenvalue weighted by molar-refractivity contribution is 6.61. The minimum Gasteiger partial charge on any atom is -0.467 e. The molecular weight excluding hydrogens is 449 g/mol. The van der Waals surface area contributed by atoms with Crippen LogP contribution in [0.25, 0.3) is 10.9 Å². The van der Waals surface area contributed by atoms with E-state index in [1.807, 2.05) is 0 Å². The third-order valence-corrected chi connectivity index (χ3v) is 5.25. The second-order valence-electron chi connectivity index (χ2n) is 6.59. The summed E-state index contributed by atoms with van der Waals surface area (Å²) in [5, 5.41) is 22.1. The summed E-state index contributed by atoms with van der Waals surface area (Å²) >= 11 is 12.1. The van der Waals surface area contributed by atoms with Crippen LogP contribution in [0.3, 0.4) is 0 Å². The van der Waals surface area contributed by atoms with E-state index in [4.69, 9.17) is 27.9 Å². The number of fused-ring (bicyclic) bond motifs is 1. The molecule has 11 heteroatoms. The number of hydrogen-bond acceptors (Lipinski definition) is 6. The predicted molar refractivity (Wildman–Crippen MR) is 115 cm³/mol. The molecule has 0 aliphatic carbocycles. The highest BCUT2D eigenvalue weighted by atomic mass is 35.5. The number of carbonyl (C=O) groups is 2. The summed E-state index contributed by atoms with van der Waals surface area (Å²) in [6.45, 7) is 0. The van der Waals surface area contributed by atoms with Gasteiger partial charge in [0.25, 0.3) is 5.91 Å². The van der Waals surface area contributed by atoms with Gasteiger partial charge in [0, 0.05) is 17.3 Å². The number of ether oxygens (including phenoxy) is 1. The van der Waals surface area contributed by atoms with E-state index >= 15 is 0 Å². The normalized spacial score (nSPS) is 11.8. The van der Waals surface area contributed by atoms with Gasteiger partial charge in [0.05, 0.1) is 34.4 Å². The maximum absolute atomic E-state index is 13.9. The lowest BCUT2D eigenvalue weighted by molar-refractivity contribution is -0.142. The maximum Gasteiger partial charge on any atom is 0.490 e. The number of benzene rings is 2. The van der Waals surface area contributed by atoms with Crippen molar-refractivity contribution >= 4 is 58.6 Å². The summed E-state index contributed by atoms with van der Waals surface area (Å²) in [6, 6.07) is 7.42. The molecule has 3 N–H and O–H groups in total. The lowest BCUT2D eigenvalue weighted by Crippen LogP contribution is -2.43. The molecule has 0 aliphatic heterocycles. The van der Waals surface area contributed by atoms with Crippen molar-refractivity contribution in [2.75, 3.05) is 7.11 Å². The molecule has 1 aromatic heterocycles. The first-order valence-electron chi connectivity index (χ1n) is 8.98. The Morgan fingerprint density at radius 3 is 2.52 bits per heavy atom. The Bertz CT molecular complexity index is 1140. The van der Waals surface area contributed by atoms with Gasteiger partial charge in [0.2, 0.25) is 0 Å². The molecule has 1 heterocycles. The fraction of sp³-hybridized carbons (Fsp3) is 0.150. The molecule has 1 atom stereocenters. The van der Waals surface area contributed by atoms with Gasteiger partial charge in [0.15, 0.2) is 0 Å². The fourth-order valence-corrected chi connectivity index (χ4v) is 3.73. The van der Waals surface area contributed by atoms with E-state index in [-0.39, 0.29) is 38.4 Å². The molecule has 0 radical (unpaired) electrons.